The monoisotopic (exact) mass is 523 g/mol. The Kier molecular flexibility index (Phi) is 9.17. The second kappa shape index (κ2) is 12.9. The van der Waals surface area contributed by atoms with Crippen LogP contribution >= 0.6 is 0 Å². The quantitative estimate of drug-likeness (QED) is 0.299. The lowest BCUT2D eigenvalue weighted by Crippen LogP contribution is -2.40. The Bertz CT molecular complexity index is 1310. The number of rotatable bonds is 8. The summed E-state index contributed by atoms with van der Waals surface area (Å²) < 4.78 is 22.9. The smallest absolute Gasteiger partial charge is 0.414 e. The van der Waals surface area contributed by atoms with Gasteiger partial charge in [0.25, 0.3) is 0 Å². The molecule has 1 aliphatic rings. The van der Waals surface area contributed by atoms with E-state index in [-0.39, 0.29) is 6.10 Å². The van der Waals surface area contributed by atoms with Gasteiger partial charge in [0, 0.05) is 48.8 Å². The van der Waals surface area contributed by atoms with Gasteiger partial charge in [0.1, 0.15) is 18.8 Å². The average Bonchev–Trinajstić information content (AvgIpc) is 3.60. The zero-order valence-corrected chi connectivity index (χ0v) is 20.7. The number of benzene rings is 2. The van der Waals surface area contributed by atoms with Gasteiger partial charge < -0.3 is 24.8 Å². The molecule has 2 aromatic carbocycles. The van der Waals surface area contributed by atoms with E-state index in [1.807, 2.05) is 41.1 Å². The highest BCUT2D eigenvalue weighted by atomic mass is 19.1. The molecule has 1 atom stereocenters. The molecule has 0 amide bonds. The minimum absolute atomic E-state index is 0.259. The fourth-order valence-electron chi connectivity index (χ4n) is 4.46. The number of aromatic nitrogens is 4. The Morgan fingerprint density at radius 1 is 1.05 bits per heavy atom. The number of piperidine rings is 1. The molecule has 0 saturated carbocycles. The molecule has 10 nitrogen and oxygen atoms in total. The zero-order chi connectivity index (χ0) is 26.9. The Morgan fingerprint density at radius 2 is 1.74 bits per heavy atom. The van der Waals surface area contributed by atoms with E-state index in [2.05, 4.69) is 38.3 Å². The van der Waals surface area contributed by atoms with Crippen LogP contribution < -0.4 is 0 Å². The average molecular weight is 524 g/mol. The summed E-state index contributed by atoms with van der Waals surface area (Å²) in [4.78, 5) is 23.7. The number of carboxylic acids is 2. The first-order chi connectivity index (χ1) is 18.4. The summed E-state index contributed by atoms with van der Waals surface area (Å²) >= 11 is 0. The van der Waals surface area contributed by atoms with Gasteiger partial charge in [-0.25, -0.2) is 14.0 Å². The highest BCUT2D eigenvalue weighted by Gasteiger charge is 2.23. The minimum Gasteiger partial charge on any atom is -0.473 e. The number of nitrogens with zero attached hydrogens (tertiary/aromatic N) is 4. The number of nitrogens with one attached hydrogen (secondary N) is 1. The number of carbonyl (C=O) groups is 2. The number of halogens is 1. The normalized spacial score (nSPS) is 15.1. The summed E-state index contributed by atoms with van der Waals surface area (Å²) in [5, 5.41) is 23.6. The number of hydrogen-bond donors (Lipinski definition) is 3. The minimum atomic E-state index is -1.82. The molecule has 2 aromatic heterocycles. The number of likely N-dealkylation sites (tertiary alicyclic amines) is 1. The van der Waals surface area contributed by atoms with Crippen molar-refractivity contribution in [3.63, 3.8) is 0 Å². The van der Waals surface area contributed by atoms with Gasteiger partial charge in [-0.3, -0.25) is 4.57 Å². The molecule has 1 saturated heterocycles. The van der Waals surface area contributed by atoms with Gasteiger partial charge in [-0.1, -0.05) is 30.3 Å². The van der Waals surface area contributed by atoms with Crippen LogP contribution in [0.25, 0.3) is 16.6 Å². The Hall–Kier alpha value is -4.09. The lowest BCUT2D eigenvalue weighted by atomic mass is 10.0. The van der Waals surface area contributed by atoms with Gasteiger partial charge in [0.2, 0.25) is 0 Å². The van der Waals surface area contributed by atoms with Crippen LogP contribution in [-0.2, 0) is 27.4 Å². The topological polar surface area (TPSA) is 134 Å². The van der Waals surface area contributed by atoms with Gasteiger partial charge in [-0.2, -0.15) is 0 Å². The number of carboxylic acid groups (broad SMARTS) is 2. The van der Waals surface area contributed by atoms with E-state index >= 15 is 4.39 Å². The first-order valence-electron chi connectivity index (χ1n) is 12.3. The van der Waals surface area contributed by atoms with Crippen LogP contribution in [0.3, 0.4) is 0 Å². The van der Waals surface area contributed by atoms with Crippen LogP contribution in [0, 0.1) is 0 Å². The second-order valence-corrected chi connectivity index (χ2v) is 9.12. The number of aromatic amines is 1. The van der Waals surface area contributed by atoms with Crippen molar-refractivity contribution in [2.75, 3.05) is 19.6 Å². The Labute approximate surface area is 218 Å². The van der Waals surface area contributed by atoms with Crippen molar-refractivity contribution < 1.29 is 28.9 Å². The standard InChI is InChI=1S/C25H28FN5O.C2H2O4/c26-21(15-30-10-8-23(9-11-30)32-16-19-4-2-1-3-5-19)12-20-14-27-25-7-6-22(13-24(20)25)31-17-28-29-18-31;3-1(4)2(5)6/h1-7,13-14,17-18,21,23,27H,8-12,15-16H2;(H,3,4)(H,5,6)/t21-;/m1./s1. The summed E-state index contributed by atoms with van der Waals surface area (Å²) in [6.07, 6.45) is 6.91. The molecule has 0 aliphatic carbocycles. The maximum absolute atomic E-state index is 15.0. The summed E-state index contributed by atoms with van der Waals surface area (Å²) in [6.45, 7) is 2.87. The summed E-state index contributed by atoms with van der Waals surface area (Å²) in [7, 11) is 0. The first kappa shape index (κ1) is 27.0. The third-order valence-corrected chi connectivity index (χ3v) is 6.41. The van der Waals surface area contributed by atoms with Crippen LogP contribution in [0.2, 0.25) is 0 Å². The number of alkyl halides is 1. The SMILES string of the molecule is F[C@H](Cc1c[nH]c2ccc(-n3cnnc3)cc12)CN1CCC(OCc2ccccc2)CC1.O=C(O)C(=O)O. The fraction of sp³-hybridized carbons (Fsp3) is 0.333. The third kappa shape index (κ3) is 7.46. The number of fused-ring (bicyclic) bond motifs is 1. The lowest BCUT2D eigenvalue weighted by molar-refractivity contribution is -0.159. The molecule has 0 bridgehead atoms. The number of aliphatic carboxylic acids is 2. The van der Waals surface area contributed by atoms with Crippen LogP contribution in [0.15, 0.2) is 67.4 Å². The largest absolute Gasteiger partial charge is 0.473 e. The van der Waals surface area contributed by atoms with Gasteiger partial charge in [-0.15, -0.1) is 10.2 Å². The molecule has 5 rings (SSSR count). The van der Waals surface area contributed by atoms with Crippen molar-refractivity contribution in [1.82, 2.24) is 24.6 Å². The molecular formula is C27H30FN5O5. The van der Waals surface area contributed by atoms with E-state index in [1.165, 1.54) is 5.56 Å². The fourth-order valence-corrected chi connectivity index (χ4v) is 4.46. The number of H-pyrrole nitrogens is 1. The maximum Gasteiger partial charge on any atom is 0.414 e. The number of hydrogen-bond acceptors (Lipinski definition) is 6. The molecule has 1 aliphatic heterocycles. The molecule has 11 heteroatoms. The van der Waals surface area contributed by atoms with Crippen molar-refractivity contribution >= 4 is 22.8 Å². The molecular weight excluding hydrogens is 493 g/mol. The van der Waals surface area contributed by atoms with Crippen molar-refractivity contribution in [3.05, 3.63) is 78.5 Å². The zero-order valence-electron chi connectivity index (χ0n) is 20.7. The molecule has 38 heavy (non-hydrogen) atoms. The van der Waals surface area contributed by atoms with E-state index in [4.69, 9.17) is 24.5 Å². The van der Waals surface area contributed by atoms with Crippen LogP contribution in [0.5, 0.6) is 0 Å². The van der Waals surface area contributed by atoms with Crippen molar-refractivity contribution in [2.24, 2.45) is 0 Å². The van der Waals surface area contributed by atoms with Crippen molar-refractivity contribution in [3.8, 4) is 5.69 Å². The maximum atomic E-state index is 15.0. The van der Waals surface area contributed by atoms with E-state index < -0.39 is 18.1 Å². The highest BCUT2D eigenvalue weighted by Crippen LogP contribution is 2.24. The lowest BCUT2D eigenvalue weighted by Gasteiger charge is -2.32. The number of ether oxygens (including phenoxy) is 1. The van der Waals surface area contributed by atoms with E-state index in [0.29, 0.717) is 19.6 Å². The second-order valence-electron chi connectivity index (χ2n) is 9.12. The predicted octanol–water partition coefficient (Wildman–Crippen LogP) is 3.47. The first-order valence-corrected chi connectivity index (χ1v) is 12.3. The Morgan fingerprint density at radius 3 is 2.39 bits per heavy atom. The third-order valence-electron chi connectivity index (χ3n) is 6.41. The van der Waals surface area contributed by atoms with Crippen LogP contribution in [0.1, 0.15) is 24.0 Å². The van der Waals surface area contributed by atoms with Gasteiger partial charge in [0.05, 0.1) is 12.7 Å². The molecule has 3 heterocycles. The molecule has 0 unspecified atom stereocenters. The summed E-state index contributed by atoms with van der Waals surface area (Å²) in [5.74, 6) is -3.65. The van der Waals surface area contributed by atoms with Gasteiger partial charge in [-0.05, 0) is 42.2 Å². The van der Waals surface area contributed by atoms with Gasteiger partial charge >= 0.3 is 11.9 Å². The summed E-state index contributed by atoms with van der Waals surface area (Å²) in [5.41, 5.74) is 4.19. The highest BCUT2D eigenvalue weighted by molar-refractivity contribution is 6.27. The van der Waals surface area contributed by atoms with E-state index in [9.17, 15) is 0 Å². The molecule has 0 radical (unpaired) electrons. The summed E-state index contributed by atoms with van der Waals surface area (Å²) in [6, 6.07) is 16.3. The van der Waals surface area contributed by atoms with E-state index in [0.717, 1.165) is 48.1 Å². The molecule has 3 N–H and O–H groups in total. The molecule has 4 aromatic rings. The van der Waals surface area contributed by atoms with Gasteiger partial charge in [0.15, 0.2) is 0 Å². The van der Waals surface area contributed by atoms with Crippen molar-refractivity contribution in [1.29, 1.82) is 0 Å². The molecule has 1 fully saturated rings. The van der Waals surface area contributed by atoms with E-state index in [1.54, 1.807) is 12.7 Å². The van der Waals surface area contributed by atoms with Crippen LogP contribution in [0.4, 0.5) is 4.39 Å². The van der Waals surface area contributed by atoms with Crippen LogP contribution in [-0.4, -0.2) is 78.7 Å². The molecule has 200 valence electrons. The van der Waals surface area contributed by atoms with Crippen molar-refractivity contribution in [2.45, 2.75) is 38.1 Å². The molecule has 0 spiro atoms. The Balaban J connectivity index is 0.000000505. The predicted molar refractivity (Wildman–Crippen MR) is 138 cm³/mol.